The van der Waals surface area contributed by atoms with Crippen molar-refractivity contribution >= 4 is 33.5 Å². The lowest BCUT2D eigenvalue weighted by molar-refractivity contribution is -0.113. The van der Waals surface area contributed by atoms with E-state index in [1.54, 1.807) is 4.68 Å². The predicted octanol–water partition coefficient (Wildman–Crippen LogP) is 4.28. The molecule has 7 heteroatoms. The number of aromatic nitrogens is 3. The molecule has 1 aliphatic rings. The SMILES string of the molecule is CC1=C(C(=O)Nc2ccccc2C)[C@@H](c2ccc(Br)cc2)n2ncnc2N1. The van der Waals surface area contributed by atoms with Gasteiger partial charge in [0.05, 0.1) is 5.57 Å². The third-order valence-corrected chi connectivity index (χ3v) is 5.15. The van der Waals surface area contributed by atoms with E-state index in [0.717, 1.165) is 27.0 Å². The van der Waals surface area contributed by atoms with Crippen LogP contribution in [0.1, 0.15) is 24.1 Å². The first-order valence-electron chi connectivity index (χ1n) is 8.54. The number of amides is 1. The molecule has 27 heavy (non-hydrogen) atoms. The van der Waals surface area contributed by atoms with Gasteiger partial charge in [0.25, 0.3) is 5.91 Å². The summed E-state index contributed by atoms with van der Waals surface area (Å²) in [4.78, 5) is 17.5. The second-order valence-electron chi connectivity index (χ2n) is 6.42. The Morgan fingerprint density at radius 2 is 1.89 bits per heavy atom. The summed E-state index contributed by atoms with van der Waals surface area (Å²) in [6.45, 7) is 3.86. The lowest BCUT2D eigenvalue weighted by Gasteiger charge is -2.29. The highest BCUT2D eigenvalue weighted by Gasteiger charge is 2.33. The minimum atomic E-state index is -0.360. The van der Waals surface area contributed by atoms with Gasteiger partial charge in [0.15, 0.2) is 0 Å². The van der Waals surface area contributed by atoms with Gasteiger partial charge >= 0.3 is 0 Å². The average Bonchev–Trinajstić information content (AvgIpc) is 3.11. The highest BCUT2D eigenvalue weighted by Crippen LogP contribution is 2.35. The van der Waals surface area contributed by atoms with Crippen LogP contribution in [-0.2, 0) is 4.79 Å². The predicted molar refractivity (Wildman–Crippen MR) is 108 cm³/mol. The van der Waals surface area contributed by atoms with E-state index in [1.807, 2.05) is 62.4 Å². The molecule has 4 rings (SSSR count). The van der Waals surface area contributed by atoms with Crippen molar-refractivity contribution in [3.63, 3.8) is 0 Å². The van der Waals surface area contributed by atoms with Crippen LogP contribution in [0, 0.1) is 6.92 Å². The second-order valence-corrected chi connectivity index (χ2v) is 7.33. The molecule has 2 N–H and O–H groups in total. The smallest absolute Gasteiger partial charge is 0.255 e. The second kappa shape index (κ2) is 7.00. The van der Waals surface area contributed by atoms with Gasteiger partial charge in [0, 0.05) is 15.9 Å². The first-order valence-corrected chi connectivity index (χ1v) is 9.33. The molecule has 0 radical (unpaired) electrons. The van der Waals surface area contributed by atoms with Crippen molar-refractivity contribution in [3.05, 3.63) is 81.7 Å². The van der Waals surface area contributed by atoms with Crippen molar-refractivity contribution in [1.29, 1.82) is 0 Å². The van der Waals surface area contributed by atoms with Gasteiger partial charge in [-0.2, -0.15) is 10.1 Å². The number of aryl methyl sites for hydroxylation is 1. The maximum absolute atomic E-state index is 13.2. The standard InChI is InChI=1S/C20H18BrN5O/c1-12-5-3-4-6-16(12)25-19(27)17-13(2)24-20-22-11-23-26(20)18(17)14-7-9-15(21)10-8-14/h3-11,18H,1-2H3,(H,25,27)(H,22,23,24)/t18-/m1/s1. The Balaban J connectivity index is 1.77. The van der Waals surface area contributed by atoms with Crippen molar-refractivity contribution in [2.45, 2.75) is 19.9 Å². The number of hydrogen-bond acceptors (Lipinski definition) is 4. The van der Waals surface area contributed by atoms with E-state index in [4.69, 9.17) is 0 Å². The highest BCUT2D eigenvalue weighted by molar-refractivity contribution is 9.10. The van der Waals surface area contributed by atoms with Crippen LogP contribution in [0.3, 0.4) is 0 Å². The number of nitrogens with one attached hydrogen (secondary N) is 2. The zero-order valence-electron chi connectivity index (χ0n) is 14.9. The summed E-state index contributed by atoms with van der Waals surface area (Å²) in [6.07, 6.45) is 1.49. The minimum Gasteiger partial charge on any atom is -0.328 e. The Kier molecular flexibility index (Phi) is 4.53. The number of carbonyl (C=O) groups excluding carboxylic acids is 1. The first kappa shape index (κ1) is 17.5. The fourth-order valence-corrected chi connectivity index (χ4v) is 3.51. The summed E-state index contributed by atoms with van der Waals surface area (Å²) >= 11 is 3.46. The summed E-state index contributed by atoms with van der Waals surface area (Å²) in [5, 5.41) is 10.6. The number of halogens is 1. The molecule has 0 unspecified atom stereocenters. The molecule has 0 fully saturated rings. The monoisotopic (exact) mass is 423 g/mol. The van der Waals surface area contributed by atoms with Gasteiger partial charge < -0.3 is 10.6 Å². The van der Waals surface area contributed by atoms with E-state index < -0.39 is 0 Å². The molecule has 0 spiro atoms. The molecule has 2 aromatic carbocycles. The quantitative estimate of drug-likeness (QED) is 0.659. The molecule has 2 heterocycles. The van der Waals surface area contributed by atoms with Gasteiger partial charge in [-0.05, 0) is 43.2 Å². The van der Waals surface area contributed by atoms with E-state index in [2.05, 4.69) is 36.6 Å². The highest BCUT2D eigenvalue weighted by atomic mass is 79.9. The number of rotatable bonds is 3. The van der Waals surface area contributed by atoms with Crippen LogP contribution in [0.15, 0.2) is 70.6 Å². The number of benzene rings is 2. The lowest BCUT2D eigenvalue weighted by Crippen LogP contribution is -2.31. The largest absolute Gasteiger partial charge is 0.328 e. The number of carbonyl (C=O) groups is 1. The molecule has 1 atom stereocenters. The Labute approximate surface area is 165 Å². The van der Waals surface area contributed by atoms with E-state index in [1.165, 1.54) is 6.33 Å². The van der Waals surface area contributed by atoms with Crippen molar-refractivity contribution in [1.82, 2.24) is 14.8 Å². The molecule has 1 aromatic heterocycles. The van der Waals surface area contributed by atoms with Crippen LogP contribution in [0.5, 0.6) is 0 Å². The molecule has 0 aliphatic carbocycles. The number of hydrogen-bond donors (Lipinski definition) is 2. The normalized spacial score (nSPS) is 15.9. The van der Waals surface area contributed by atoms with Gasteiger partial charge in [-0.3, -0.25) is 4.79 Å². The number of para-hydroxylation sites is 1. The Morgan fingerprint density at radius 3 is 2.63 bits per heavy atom. The fourth-order valence-electron chi connectivity index (χ4n) is 3.24. The average molecular weight is 424 g/mol. The van der Waals surface area contributed by atoms with Gasteiger partial charge in [0.2, 0.25) is 5.95 Å². The molecule has 6 nitrogen and oxygen atoms in total. The molecule has 0 saturated carbocycles. The molecule has 136 valence electrons. The number of anilines is 2. The van der Waals surface area contributed by atoms with E-state index in [0.29, 0.717) is 11.5 Å². The van der Waals surface area contributed by atoms with Crippen LogP contribution in [-0.4, -0.2) is 20.7 Å². The number of nitrogens with zero attached hydrogens (tertiary/aromatic N) is 3. The molecule has 1 aliphatic heterocycles. The Hall–Kier alpha value is -2.93. The van der Waals surface area contributed by atoms with Gasteiger partial charge in [-0.15, -0.1) is 0 Å². The summed E-state index contributed by atoms with van der Waals surface area (Å²) < 4.78 is 2.72. The summed E-state index contributed by atoms with van der Waals surface area (Å²) in [6, 6.07) is 15.3. The topological polar surface area (TPSA) is 71.8 Å². The minimum absolute atomic E-state index is 0.164. The summed E-state index contributed by atoms with van der Waals surface area (Å²) in [5.41, 5.74) is 4.13. The van der Waals surface area contributed by atoms with Crippen molar-refractivity contribution in [2.24, 2.45) is 0 Å². The molecular formula is C20H18BrN5O. The summed E-state index contributed by atoms with van der Waals surface area (Å²) in [5.74, 6) is 0.455. The molecule has 0 bridgehead atoms. The van der Waals surface area contributed by atoms with E-state index in [9.17, 15) is 4.79 Å². The molecule has 0 saturated heterocycles. The first-order chi connectivity index (χ1) is 13.0. The maximum atomic E-state index is 13.2. The van der Waals surface area contributed by atoms with Crippen LogP contribution >= 0.6 is 15.9 Å². The Morgan fingerprint density at radius 1 is 1.15 bits per heavy atom. The van der Waals surface area contributed by atoms with Crippen LogP contribution in [0.25, 0.3) is 0 Å². The third kappa shape index (κ3) is 3.26. The number of fused-ring (bicyclic) bond motifs is 1. The number of allylic oxidation sites excluding steroid dienone is 1. The molecular weight excluding hydrogens is 406 g/mol. The zero-order chi connectivity index (χ0) is 19.0. The van der Waals surface area contributed by atoms with Crippen molar-refractivity contribution in [3.8, 4) is 0 Å². The maximum Gasteiger partial charge on any atom is 0.255 e. The molecule has 1 amide bonds. The van der Waals surface area contributed by atoms with E-state index >= 15 is 0 Å². The van der Waals surface area contributed by atoms with Crippen LogP contribution in [0.2, 0.25) is 0 Å². The van der Waals surface area contributed by atoms with E-state index in [-0.39, 0.29) is 11.9 Å². The van der Waals surface area contributed by atoms with Gasteiger partial charge in [-0.1, -0.05) is 46.3 Å². The van der Waals surface area contributed by atoms with Gasteiger partial charge in [0.1, 0.15) is 12.4 Å². The van der Waals surface area contributed by atoms with Crippen molar-refractivity contribution in [2.75, 3.05) is 10.6 Å². The van der Waals surface area contributed by atoms with Crippen LogP contribution in [0.4, 0.5) is 11.6 Å². The van der Waals surface area contributed by atoms with Crippen molar-refractivity contribution < 1.29 is 4.79 Å². The fraction of sp³-hybridized carbons (Fsp3) is 0.150. The molecule has 3 aromatic rings. The summed E-state index contributed by atoms with van der Waals surface area (Å²) in [7, 11) is 0. The Bertz CT molecular complexity index is 1040. The lowest BCUT2D eigenvalue weighted by atomic mass is 9.95. The van der Waals surface area contributed by atoms with Crippen LogP contribution < -0.4 is 10.6 Å². The van der Waals surface area contributed by atoms with Gasteiger partial charge in [-0.25, -0.2) is 4.68 Å². The zero-order valence-corrected chi connectivity index (χ0v) is 16.5. The third-order valence-electron chi connectivity index (χ3n) is 4.62.